The Morgan fingerprint density at radius 1 is 1.60 bits per heavy atom. The number of hydrogen-bond donors (Lipinski definition) is 0. The van der Waals surface area contributed by atoms with Crippen molar-refractivity contribution in [3.05, 3.63) is 0 Å². The maximum Gasteiger partial charge on any atom is 0.183 e. The minimum atomic E-state index is 0.339. The molecule has 0 saturated carbocycles. The van der Waals surface area contributed by atoms with Crippen molar-refractivity contribution >= 4 is 5.90 Å². The van der Waals surface area contributed by atoms with Gasteiger partial charge in [-0.1, -0.05) is 0 Å². The molecule has 10 heavy (non-hydrogen) atoms. The third kappa shape index (κ3) is 0.736. The van der Waals surface area contributed by atoms with Gasteiger partial charge in [-0.15, -0.1) is 0 Å². The number of methoxy groups -OCH3 is 1. The van der Waals surface area contributed by atoms with E-state index >= 15 is 0 Å². The van der Waals surface area contributed by atoms with Gasteiger partial charge in [0, 0.05) is 11.8 Å². The summed E-state index contributed by atoms with van der Waals surface area (Å²) in [6.07, 6.45) is 0.976. The van der Waals surface area contributed by atoms with Crippen molar-refractivity contribution in [2.24, 2.45) is 10.4 Å². The van der Waals surface area contributed by atoms with Gasteiger partial charge in [0.2, 0.25) is 0 Å². The van der Waals surface area contributed by atoms with Crippen LogP contribution in [0.15, 0.2) is 4.99 Å². The zero-order valence-corrected chi connectivity index (χ0v) is 6.09. The van der Waals surface area contributed by atoms with Gasteiger partial charge >= 0.3 is 0 Å². The standard InChI is InChI=1S/C7H11NO2/c1-9-6-2-7(3-8-6)4-10-5-7/h2-5H2,1H3. The van der Waals surface area contributed by atoms with E-state index in [1.165, 1.54) is 0 Å². The van der Waals surface area contributed by atoms with Crippen LogP contribution in [-0.4, -0.2) is 32.8 Å². The Bertz CT molecular complexity index is 172. The highest BCUT2D eigenvalue weighted by molar-refractivity contribution is 5.78. The average Bonchev–Trinajstić information content (AvgIpc) is 2.29. The fraction of sp³-hybridized carbons (Fsp3) is 0.857. The Labute approximate surface area is 60.0 Å². The zero-order valence-electron chi connectivity index (χ0n) is 6.09. The van der Waals surface area contributed by atoms with Crippen LogP contribution in [-0.2, 0) is 9.47 Å². The fourth-order valence-corrected chi connectivity index (χ4v) is 1.41. The minimum absolute atomic E-state index is 0.339. The summed E-state index contributed by atoms with van der Waals surface area (Å²) in [5, 5.41) is 0. The molecule has 0 aromatic rings. The molecule has 3 heteroatoms. The van der Waals surface area contributed by atoms with E-state index < -0.39 is 0 Å². The van der Waals surface area contributed by atoms with Crippen LogP contribution in [0.2, 0.25) is 0 Å². The monoisotopic (exact) mass is 141 g/mol. The molecule has 0 atom stereocenters. The van der Waals surface area contributed by atoms with E-state index in [9.17, 15) is 0 Å². The van der Waals surface area contributed by atoms with Crippen LogP contribution >= 0.6 is 0 Å². The molecule has 0 aromatic heterocycles. The third-order valence-corrected chi connectivity index (χ3v) is 2.17. The predicted molar refractivity (Wildman–Crippen MR) is 37.2 cm³/mol. The number of ether oxygens (including phenoxy) is 2. The number of nitrogens with zero attached hydrogens (tertiary/aromatic N) is 1. The molecular weight excluding hydrogens is 130 g/mol. The molecule has 1 spiro atoms. The minimum Gasteiger partial charge on any atom is -0.484 e. The quantitative estimate of drug-likeness (QED) is 0.490. The van der Waals surface area contributed by atoms with Crippen LogP contribution in [0, 0.1) is 5.41 Å². The summed E-state index contributed by atoms with van der Waals surface area (Å²) in [6, 6.07) is 0. The Hall–Kier alpha value is -0.570. The summed E-state index contributed by atoms with van der Waals surface area (Å²) in [4.78, 5) is 4.24. The van der Waals surface area contributed by atoms with Gasteiger partial charge in [-0.2, -0.15) is 0 Å². The summed E-state index contributed by atoms with van der Waals surface area (Å²) in [5.41, 5.74) is 0.339. The largest absolute Gasteiger partial charge is 0.484 e. The average molecular weight is 141 g/mol. The third-order valence-electron chi connectivity index (χ3n) is 2.17. The van der Waals surface area contributed by atoms with Gasteiger partial charge in [-0.25, -0.2) is 0 Å². The number of hydrogen-bond acceptors (Lipinski definition) is 3. The lowest BCUT2D eigenvalue weighted by Gasteiger charge is -2.36. The molecule has 2 heterocycles. The molecule has 1 saturated heterocycles. The van der Waals surface area contributed by atoms with Crippen LogP contribution < -0.4 is 0 Å². The van der Waals surface area contributed by atoms with Crippen LogP contribution in [0.1, 0.15) is 6.42 Å². The van der Waals surface area contributed by atoms with E-state index in [0.29, 0.717) is 5.41 Å². The first-order chi connectivity index (χ1) is 4.85. The van der Waals surface area contributed by atoms with Crippen molar-refractivity contribution in [3.63, 3.8) is 0 Å². The predicted octanol–water partition coefficient (Wildman–Crippen LogP) is 0.452. The van der Waals surface area contributed by atoms with E-state index in [0.717, 1.165) is 32.1 Å². The Balaban J connectivity index is 1.98. The van der Waals surface area contributed by atoms with Crippen LogP contribution in [0.4, 0.5) is 0 Å². The number of rotatable bonds is 0. The van der Waals surface area contributed by atoms with Crippen molar-refractivity contribution in [3.8, 4) is 0 Å². The summed E-state index contributed by atoms with van der Waals surface area (Å²) in [7, 11) is 1.68. The first-order valence-electron chi connectivity index (χ1n) is 3.50. The summed E-state index contributed by atoms with van der Waals surface area (Å²) in [5.74, 6) is 0.892. The molecule has 3 nitrogen and oxygen atoms in total. The summed E-state index contributed by atoms with van der Waals surface area (Å²) in [6.45, 7) is 2.63. The maximum atomic E-state index is 5.12. The summed E-state index contributed by atoms with van der Waals surface area (Å²) < 4.78 is 10.2. The highest BCUT2D eigenvalue weighted by Crippen LogP contribution is 2.36. The fourth-order valence-electron chi connectivity index (χ4n) is 1.41. The normalized spacial score (nSPS) is 27.9. The lowest BCUT2D eigenvalue weighted by molar-refractivity contribution is -0.0983. The second-order valence-electron chi connectivity index (χ2n) is 3.08. The van der Waals surface area contributed by atoms with E-state index in [-0.39, 0.29) is 0 Å². The first kappa shape index (κ1) is 6.16. The molecule has 0 unspecified atom stereocenters. The van der Waals surface area contributed by atoms with Gasteiger partial charge in [-0.05, 0) is 0 Å². The smallest absolute Gasteiger partial charge is 0.183 e. The SMILES string of the molecule is COC1=NCC2(COC2)C1. The first-order valence-corrected chi connectivity index (χ1v) is 3.50. The zero-order chi connectivity index (χ0) is 7.03. The van der Waals surface area contributed by atoms with E-state index in [1.807, 2.05) is 0 Å². The van der Waals surface area contributed by atoms with Crippen molar-refractivity contribution in [1.29, 1.82) is 0 Å². The lowest BCUT2D eigenvalue weighted by atomic mass is 9.85. The van der Waals surface area contributed by atoms with Gasteiger partial charge in [0.15, 0.2) is 5.90 Å². The molecule has 2 rings (SSSR count). The van der Waals surface area contributed by atoms with Gasteiger partial charge in [-0.3, -0.25) is 4.99 Å². The molecule has 0 aliphatic carbocycles. The molecule has 2 aliphatic rings. The highest BCUT2D eigenvalue weighted by atomic mass is 16.5. The van der Waals surface area contributed by atoms with Crippen LogP contribution in [0.25, 0.3) is 0 Å². The van der Waals surface area contributed by atoms with Gasteiger partial charge in [0.25, 0.3) is 0 Å². The van der Waals surface area contributed by atoms with E-state index in [2.05, 4.69) is 4.99 Å². The molecule has 2 aliphatic heterocycles. The van der Waals surface area contributed by atoms with Crippen molar-refractivity contribution in [1.82, 2.24) is 0 Å². The maximum absolute atomic E-state index is 5.12. The molecule has 0 radical (unpaired) electrons. The second-order valence-corrected chi connectivity index (χ2v) is 3.08. The Morgan fingerprint density at radius 3 is 2.70 bits per heavy atom. The second kappa shape index (κ2) is 1.95. The Kier molecular flexibility index (Phi) is 1.20. The van der Waals surface area contributed by atoms with Gasteiger partial charge in [0.05, 0.1) is 26.9 Å². The van der Waals surface area contributed by atoms with E-state index in [4.69, 9.17) is 9.47 Å². The van der Waals surface area contributed by atoms with Crippen molar-refractivity contribution < 1.29 is 9.47 Å². The van der Waals surface area contributed by atoms with Crippen molar-refractivity contribution in [2.75, 3.05) is 26.9 Å². The highest BCUT2D eigenvalue weighted by Gasteiger charge is 2.43. The van der Waals surface area contributed by atoms with Crippen LogP contribution in [0.3, 0.4) is 0 Å². The van der Waals surface area contributed by atoms with Gasteiger partial charge in [0.1, 0.15) is 0 Å². The summed E-state index contributed by atoms with van der Waals surface area (Å²) >= 11 is 0. The molecule has 0 bridgehead atoms. The Morgan fingerprint density at radius 2 is 2.40 bits per heavy atom. The topological polar surface area (TPSA) is 30.8 Å². The number of aliphatic imine (C=N–C) groups is 1. The van der Waals surface area contributed by atoms with E-state index in [1.54, 1.807) is 7.11 Å². The molecular formula is C7H11NO2. The molecule has 0 amide bonds. The van der Waals surface area contributed by atoms with Gasteiger partial charge < -0.3 is 9.47 Å². The van der Waals surface area contributed by atoms with Crippen LogP contribution in [0.5, 0.6) is 0 Å². The molecule has 0 aromatic carbocycles. The van der Waals surface area contributed by atoms with Crippen molar-refractivity contribution in [2.45, 2.75) is 6.42 Å². The molecule has 1 fully saturated rings. The molecule has 56 valence electrons. The molecule has 0 N–H and O–H groups in total. The lowest BCUT2D eigenvalue weighted by Crippen LogP contribution is -2.43.